The highest BCUT2D eigenvalue weighted by Crippen LogP contribution is 2.29. The molecule has 4 rings (SSSR count). The molecule has 0 bridgehead atoms. The fourth-order valence-corrected chi connectivity index (χ4v) is 2.55. The predicted molar refractivity (Wildman–Crippen MR) is 84.6 cm³/mol. The van der Waals surface area contributed by atoms with E-state index >= 15 is 0 Å². The van der Waals surface area contributed by atoms with Crippen LogP contribution in [0.4, 0.5) is 10.2 Å². The number of nitrogens with zero attached hydrogens (tertiary/aromatic N) is 5. The number of rotatable bonds is 5. The van der Waals surface area contributed by atoms with Gasteiger partial charge >= 0.3 is 0 Å². The lowest BCUT2D eigenvalue weighted by atomic mass is 10.2. The molecule has 1 aliphatic rings. The Labute approximate surface area is 132 Å². The van der Waals surface area contributed by atoms with Crippen molar-refractivity contribution >= 4 is 17.0 Å². The Hall–Kier alpha value is -2.57. The van der Waals surface area contributed by atoms with E-state index in [0.717, 1.165) is 12.5 Å². The van der Waals surface area contributed by atoms with E-state index in [0.29, 0.717) is 34.9 Å². The molecule has 0 saturated heterocycles. The van der Waals surface area contributed by atoms with Gasteiger partial charge in [-0.3, -0.25) is 0 Å². The zero-order valence-corrected chi connectivity index (χ0v) is 12.8. The van der Waals surface area contributed by atoms with E-state index in [2.05, 4.69) is 25.6 Å². The normalized spacial score (nSPS) is 14.3. The number of hydrogen-bond donors (Lipinski definition) is 1. The van der Waals surface area contributed by atoms with Crippen molar-refractivity contribution in [3.63, 3.8) is 0 Å². The van der Waals surface area contributed by atoms with E-state index in [1.165, 1.54) is 18.9 Å². The zero-order chi connectivity index (χ0) is 15.8. The number of anilines is 1. The van der Waals surface area contributed by atoms with Crippen LogP contribution in [0.5, 0.6) is 0 Å². The summed E-state index contributed by atoms with van der Waals surface area (Å²) in [5.41, 5.74) is 1.81. The third kappa shape index (κ3) is 2.86. The Bertz CT molecular complexity index is 855. The molecular formula is C16H17FN6. The van der Waals surface area contributed by atoms with Crippen molar-refractivity contribution in [2.45, 2.75) is 26.3 Å². The molecule has 0 radical (unpaired) electrons. The van der Waals surface area contributed by atoms with Crippen LogP contribution in [0, 0.1) is 18.7 Å². The molecule has 1 saturated carbocycles. The second kappa shape index (κ2) is 5.57. The molecule has 1 aliphatic carbocycles. The van der Waals surface area contributed by atoms with E-state index < -0.39 is 0 Å². The maximum Gasteiger partial charge on any atom is 0.184 e. The predicted octanol–water partition coefficient (Wildman–Crippen LogP) is 2.54. The third-order valence-corrected chi connectivity index (χ3v) is 4.01. The fourth-order valence-electron chi connectivity index (χ4n) is 2.55. The molecular weight excluding hydrogens is 295 g/mol. The van der Waals surface area contributed by atoms with Gasteiger partial charge in [0.05, 0.1) is 6.54 Å². The highest BCUT2D eigenvalue weighted by molar-refractivity contribution is 5.82. The first-order valence-corrected chi connectivity index (χ1v) is 7.76. The van der Waals surface area contributed by atoms with Gasteiger partial charge in [-0.25, -0.2) is 19.0 Å². The molecule has 3 aromatic rings. The van der Waals surface area contributed by atoms with E-state index in [9.17, 15) is 4.39 Å². The Kier molecular flexibility index (Phi) is 3.40. The molecule has 0 unspecified atom stereocenters. The van der Waals surface area contributed by atoms with Gasteiger partial charge in [-0.1, -0.05) is 23.4 Å². The van der Waals surface area contributed by atoms with Crippen molar-refractivity contribution < 1.29 is 4.39 Å². The fraction of sp³-hybridized carbons (Fsp3) is 0.375. The van der Waals surface area contributed by atoms with Crippen LogP contribution < -0.4 is 5.32 Å². The summed E-state index contributed by atoms with van der Waals surface area (Å²) in [6.45, 7) is 3.02. The molecule has 23 heavy (non-hydrogen) atoms. The number of hydrogen-bond acceptors (Lipinski definition) is 5. The number of fused-ring (bicyclic) bond motifs is 1. The Balaban J connectivity index is 1.69. The van der Waals surface area contributed by atoms with E-state index in [4.69, 9.17) is 0 Å². The molecule has 0 atom stereocenters. The van der Waals surface area contributed by atoms with Crippen LogP contribution in [0.1, 0.15) is 24.2 Å². The summed E-state index contributed by atoms with van der Waals surface area (Å²) < 4.78 is 15.5. The molecule has 1 N–H and O–H groups in total. The highest BCUT2D eigenvalue weighted by atomic mass is 19.1. The van der Waals surface area contributed by atoms with Gasteiger partial charge in [0, 0.05) is 12.1 Å². The van der Waals surface area contributed by atoms with Crippen molar-refractivity contribution in [1.82, 2.24) is 25.0 Å². The second-order valence-electron chi connectivity index (χ2n) is 5.95. The standard InChI is InChI=1S/C16H17FN6/c1-10-19-15(18-8-11-6-7-11)14-16(20-10)23(22-21-14)9-12-4-2-3-5-13(12)17/h2-5,11H,6-9H2,1H3,(H,18,19,20). The largest absolute Gasteiger partial charge is 0.368 e. The molecule has 1 aromatic carbocycles. The zero-order valence-electron chi connectivity index (χ0n) is 12.8. The molecule has 6 nitrogen and oxygen atoms in total. The molecule has 118 valence electrons. The Morgan fingerprint density at radius 1 is 1.26 bits per heavy atom. The lowest BCUT2D eigenvalue weighted by Gasteiger charge is -2.07. The molecule has 2 heterocycles. The van der Waals surface area contributed by atoms with Crippen LogP contribution in [0.3, 0.4) is 0 Å². The van der Waals surface area contributed by atoms with E-state index in [-0.39, 0.29) is 5.82 Å². The SMILES string of the molecule is Cc1nc(NCC2CC2)c2nnn(Cc3ccccc3F)c2n1. The van der Waals surface area contributed by atoms with Crippen molar-refractivity contribution in [3.05, 3.63) is 41.5 Å². The first-order chi connectivity index (χ1) is 11.2. The second-order valence-corrected chi connectivity index (χ2v) is 5.95. The van der Waals surface area contributed by atoms with Gasteiger partial charge in [0.15, 0.2) is 17.0 Å². The average Bonchev–Trinajstić information content (AvgIpc) is 3.29. The van der Waals surface area contributed by atoms with Crippen LogP contribution in [0.15, 0.2) is 24.3 Å². The van der Waals surface area contributed by atoms with Crippen LogP contribution in [-0.2, 0) is 6.54 Å². The van der Waals surface area contributed by atoms with Gasteiger partial charge in [-0.2, -0.15) is 0 Å². The lowest BCUT2D eigenvalue weighted by molar-refractivity contribution is 0.582. The molecule has 1 fully saturated rings. The first kappa shape index (κ1) is 14.0. The van der Waals surface area contributed by atoms with Gasteiger partial charge in [0.2, 0.25) is 0 Å². The lowest BCUT2D eigenvalue weighted by Crippen LogP contribution is -2.08. The van der Waals surface area contributed by atoms with E-state index in [1.54, 1.807) is 22.9 Å². The number of benzene rings is 1. The Morgan fingerprint density at radius 2 is 2.09 bits per heavy atom. The number of halogens is 1. The van der Waals surface area contributed by atoms with Gasteiger partial charge in [-0.05, 0) is 31.7 Å². The van der Waals surface area contributed by atoms with Gasteiger partial charge in [0.25, 0.3) is 0 Å². The number of aryl methyl sites for hydroxylation is 1. The van der Waals surface area contributed by atoms with Crippen molar-refractivity contribution in [2.75, 3.05) is 11.9 Å². The maximum absolute atomic E-state index is 13.9. The minimum absolute atomic E-state index is 0.256. The van der Waals surface area contributed by atoms with Crippen LogP contribution in [-0.4, -0.2) is 31.5 Å². The number of aromatic nitrogens is 5. The summed E-state index contributed by atoms with van der Waals surface area (Å²) in [5.74, 6) is 1.83. The average molecular weight is 312 g/mol. The molecule has 0 aliphatic heterocycles. The van der Waals surface area contributed by atoms with Crippen LogP contribution in [0.25, 0.3) is 11.2 Å². The van der Waals surface area contributed by atoms with Crippen molar-refractivity contribution in [2.24, 2.45) is 5.92 Å². The summed E-state index contributed by atoms with van der Waals surface area (Å²) in [5, 5.41) is 11.7. The summed E-state index contributed by atoms with van der Waals surface area (Å²) in [6, 6.07) is 6.66. The quantitative estimate of drug-likeness (QED) is 0.784. The first-order valence-electron chi connectivity index (χ1n) is 7.76. The minimum Gasteiger partial charge on any atom is -0.368 e. The Morgan fingerprint density at radius 3 is 2.87 bits per heavy atom. The summed E-state index contributed by atoms with van der Waals surface area (Å²) in [6.07, 6.45) is 2.53. The molecule has 0 spiro atoms. The monoisotopic (exact) mass is 312 g/mol. The maximum atomic E-state index is 13.9. The van der Waals surface area contributed by atoms with Crippen molar-refractivity contribution in [1.29, 1.82) is 0 Å². The highest BCUT2D eigenvalue weighted by Gasteiger charge is 2.22. The van der Waals surface area contributed by atoms with Crippen LogP contribution >= 0.6 is 0 Å². The van der Waals surface area contributed by atoms with Gasteiger partial charge in [-0.15, -0.1) is 5.10 Å². The topological polar surface area (TPSA) is 68.5 Å². The smallest absolute Gasteiger partial charge is 0.184 e. The van der Waals surface area contributed by atoms with E-state index in [1.807, 2.05) is 6.92 Å². The summed E-state index contributed by atoms with van der Waals surface area (Å²) in [7, 11) is 0. The van der Waals surface area contributed by atoms with Crippen molar-refractivity contribution in [3.8, 4) is 0 Å². The summed E-state index contributed by atoms with van der Waals surface area (Å²) >= 11 is 0. The number of nitrogens with one attached hydrogen (secondary N) is 1. The summed E-state index contributed by atoms with van der Waals surface area (Å²) in [4.78, 5) is 8.86. The van der Waals surface area contributed by atoms with Crippen LogP contribution in [0.2, 0.25) is 0 Å². The molecule has 0 amide bonds. The molecule has 7 heteroatoms. The molecule has 2 aromatic heterocycles. The van der Waals surface area contributed by atoms with Gasteiger partial charge in [0.1, 0.15) is 11.6 Å². The van der Waals surface area contributed by atoms with Gasteiger partial charge < -0.3 is 5.32 Å². The third-order valence-electron chi connectivity index (χ3n) is 4.01. The minimum atomic E-state index is -0.256.